The Morgan fingerprint density at radius 1 is 1.13 bits per heavy atom. The van der Waals surface area contributed by atoms with Crippen LogP contribution in [0.2, 0.25) is 0 Å². The monoisotopic (exact) mass is 412 g/mol. The van der Waals surface area contributed by atoms with E-state index < -0.39 is 0 Å². The highest BCUT2D eigenvalue weighted by Crippen LogP contribution is 2.37. The Bertz CT molecular complexity index is 1220. The lowest BCUT2D eigenvalue weighted by atomic mass is 10.1. The third-order valence-electron chi connectivity index (χ3n) is 5.66. The number of hydrogen-bond acceptors (Lipinski definition) is 3. The molecule has 0 unspecified atom stereocenters. The molecule has 2 aromatic carbocycles. The smallest absolute Gasteiger partial charge is 0.177 e. The van der Waals surface area contributed by atoms with E-state index in [-0.39, 0.29) is 5.82 Å². The summed E-state index contributed by atoms with van der Waals surface area (Å²) in [7, 11) is 0. The van der Waals surface area contributed by atoms with Gasteiger partial charge in [0.2, 0.25) is 0 Å². The molecule has 0 aliphatic heterocycles. The molecule has 0 atom stereocenters. The summed E-state index contributed by atoms with van der Waals surface area (Å²) in [4.78, 5) is 7.17. The maximum absolute atomic E-state index is 14.7. The zero-order chi connectivity index (χ0) is 21.5. The fourth-order valence-electron chi connectivity index (χ4n) is 4.04. The molecule has 1 aliphatic carbocycles. The van der Waals surface area contributed by atoms with Crippen LogP contribution in [0.25, 0.3) is 28.2 Å². The third kappa shape index (κ3) is 3.80. The number of halogens is 1. The molecule has 2 aromatic heterocycles. The highest BCUT2D eigenvalue weighted by molar-refractivity contribution is 5.78. The molecule has 1 fully saturated rings. The van der Waals surface area contributed by atoms with Gasteiger partial charge in [-0.2, -0.15) is 5.10 Å². The summed E-state index contributed by atoms with van der Waals surface area (Å²) in [6, 6.07) is 16.9. The van der Waals surface area contributed by atoms with Gasteiger partial charge in [0.1, 0.15) is 5.82 Å². The summed E-state index contributed by atoms with van der Waals surface area (Å²) in [5, 5.41) is 4.82. The van der Waals surface area contributed by atoms with Crippen molar-refractivity contribution < 1.29 is 4.39 Å². The molecule has 0 spiro atoms. The Balaban J connectivity index is 1.75. The van der Waals surface area contributed by atoms with Gasteiger partial charge in [-0.05, 0) is 49.4 Å². The largest absolute Gasteiger partial charge is 0.365 e. The molecule has 4 nitrogen and oxygen atoms in total. The Kier molecular flexibility index (Phi) is 4.97. The van der Waals surface area contributed by atoms with Gasteiger partial charge in [-0.1, -0.05) is 50.2 Å². The van der Waals surface area contributed by atoms with Crippen LogP contribution < -0.4 is 4.90 Å². The summed E-state index contributed by atoms with van der Waals surface area (Å²) in [5.41, 5.74) is 5.41. The number of benzene rings is 2. The predicted molar refractivity (Wildman–Crippen MR) is 122 cm³/mol. The average molecular weight is 413 g/mol. The number of nitrogens with zero attached hydrogens (tertiary/aromatic N) is 4. The van der Waals surface area contributed by atoms with E-state index in [2.05, 4.69) is 18.7 Å². The Hall–Kier alpha value is -3.21. The lowest BCUT2D eigenvalue weighted by Gasteiger charge is -2.27. The molecule has 0 N–H and O–H groups in total. The van der Waals surface area contributed by atoms with Gasteiger partial charge < -0.3 is 4.90 Å². The standard InChI is InChI=1S/C26H25FN4/c1-17(2)16-30(20-12-13-20)24-14-23(21-6-4-5-7-22(21)27)29-31-25(15-28-26(24)31)19-10-8-18(3)9-11-19/h3-11,14-15,17,20H,12-13,16H2,1-2H3. The second-order valence-electron chi connectivity index (χ2n) is 8.67. The van der Waals surface area contributed by atoms with E-state index in [0.717, 1.165) is 29.1 Å². The van der Waals surface area contributed by atoms with Gasteiger partial charge in [0.15, 0.2) is 5.65 Å². The number of imidazole rings is 1. The fraction of sp³-hybridized carbons (Fsp3) is 0.269. The first-order chi connectivity index (χ1) is 15.0. The molecule has 1 saturated carbocycles. The van der Waals surface area contributed by atoms with Crippen LogP contribution in [0.3, 0.4) is 0 Å². The van der Waals surface area contributed by atoms with Gasteiger partial charge in [0.05, 0.1) is 23.3 Å². The van der Waals surface area contributed by atoms with Gasteiger partial charge >= 0.3 is 0 Å². The summed E-state index contributed by atoms with van der Waals surface area (Å²) in [6.07, 6.45) is 4.17. The minimum absolute atomic E-state index is 0.281. The SMILES string of the molecule is [CH]c1ccc(-c2cnc3c(N(CC(C)C)C4CC4)cc(-c4ccccc4F)nn23)cc1. The molecule has 5 heteroatoms. The maximum atomic E-state index is 14.7. The lowest BCUT2D eigenvalue weighted by Crippen LogP contribution is -2.30. The van der Waals surface area contributed by atoms with Crippen molar-refractivity contribution in [3.05, 3.63) is 79.1 Å². The van der Waals surface area contributed by atoms with E-state index in [9.17, 15) is 4.39 Å². The van der Waals surface area contributed by atoms with E-state index in [1.165, 1.54) is 18.9 Å². The van der Waals surface area contributed by atoms with E-state index in [4.69, 9.17) is 17.0 Å². The van der Waals surface area contributed by atoms with Crippen molar-refractivity contribution in [3.8, 4) is 22.5 Å². The van der Waals surface area contributed by atoms with Gasteiger partial charge in [-0.3, -0.25) is 0 Å². The number of rotatable bonds is 6. The second kappa shape index (κ2) is 7.80. The molecule has 2 heterocycles. The number of anilines is 1. The topological polar surface area (TPSA) is 33.4 Å². The van der Waals surface area contributed by atoms with Crippen molar-refractivity contribution in [2.75, 3.05) is 11.4 Å². The van der Waals surface area contributed by atoms with Crippen LogP contribution in [-0.2, 0) is 0 Å². The van der Waals surface area contributed by atoms with Gasteiger partial charge in [-0.25, -0.2) is 13.9 Å². The number of aromatic nitrogens is 3. The first-order valence-electron chi connectivity index (χ1n) is 10.8. The van der Waals surface area contributed by atoms with Crippen LogP contribution in [-0.4, -0.2) is 27.2 Å². The predicted octanol–water partition coefficient (Wildman–Crippen LogP) is 5.89. The van der Waals surface area contributed by atoms with Crippen LogP contribution in [0.1, 0.15) is 32.3 Å². The van der Waals surface area contributed by atoms with E-state index >= 15 is 0 Å². The van der Waals surface area contributed by atoms with Crippen molar-refractivity contribution in [3.63, 3.8) is 0 Å². The molecule has 0 amide bonds. The molecule has 2 radical (unpaired) electrons. The molecule has 4 aromatic rings. The molecule has 156 valence electrons. The molecule has 5 rings (SSSR count). The zero-order valence-electron chi connectivity index (χ0n) is 17.8. The Morgan fingerprint density at radius 3 is 2.55 bits per heavy atom. The van der Waals surface area contributed by atoms with Crippen LogP contribution in [0.5, 0.6) is 0 Å². The van der Waals surface area contributed by atoms with E-state index in [1.54, 1.807) is 12.1 Å². The highest BCUT2D eigenvalue weighted by Gasteiger charge is 2.32. The quantitative estimate of drug-likeness (QED) is 0.396. The van der Waals surface area contributed by atoms with Gasteiger partial charge in [0, 0.05) is 23.7 Å². The zero-order valence-corrected chi connectivity index (χ0v) is 17.8. The van der Waals surface area contributed by atoms with Crippen LogP contribution >= 0.6 is 0 Å². The second-order valence-corrected chi connectivity index (χ2v) is 8.67. The van der Waals surface area contributed by atoms with Crippen molar-refractivity contribution >= 4 is 11.3 Å². The number of hydrogen-bond donors (Lipinski definition) is 0. The normalized spacial score (nSPS) is 13.8. The summed E-state index contributed by atoms with van der Waals surface area (Å²) in [6.45, 7) is 11.2. The third-order valence-corrected chi connectivity index (χ3v) is 5.66. The first-order valence-corrected chi connectivity index (χ1v) is 10.8. The number of fused-ring (bicyclic) bond motifs is 1. The molecule has 0 bridgehead atoms. The Morgan fingerprint density at radius 2 is 1.87 bits per heavy atom. The van der Waals surface area contributed by atoms with Crippen molar-refractivity contribution in [2.24, 2.45) is 5.92 Å². The summed E-state index contributed by atoms with van der Waals surface area (Å²) < 4.78 is 16.5. The van der Waals surface area contributed by atoms with Crippen molar-refractivity contribution in [1.29, 1.82) is 0 Å². The highest BCUT2D eigenvalue weighted by atomic mass is 19.1. The molecular formula is C26H25FN4. The lowest BCUT2D eigenvalue weighted by molar-refractivity contribution is 0.607. The van der Waals surface area contributed by atoms with E-state index in [0.29, 0.717) is 28.8 Å². The van der Waals surface area contributed by atoms with Crippen LogP contribution in [0.4, 0.5) is 10.1 Å². The summed E-state index contributed by atoms with van der Waals surface area (Å²) in [5.74, 6) is 0.216. The maximum Gasteiger partial charge on any atom is 0.177 e. The van der Waals surface area contributed by atoms with Crippen molar-refractivity contribution in [2.45, 2.75) is 32.7 Å². The van der Waals surface area contributed by atoms with Crippen LogP contribution in [0, 0.1) is 18.7 Å². The van der Waals surface area contributed by atoms with E-state index in [1.807, 2.05) is 47.1 Å². The minimum Gasteiger partial charge on any atom is -0.365 e. The van der Waals surface area contributed by atoms with Gasteiger partial charge in [-0.15, -0.1) is 0 Å². The molecular weight excluding hydrogens is 387 g/mol. The fourth-order valence-corrected chi connectivity index (χ4v) is 4.04. The molecule has 0 saturated heterocycles. The average Bonchev–Trinajstić information content (AvgIpc) is 3.51. The minimum atomic E-state index is -0.281. The van der Waals surface area contributed by atoms with Crippen molar-refractivity contribution in [1.82, 2.24) is 14.6 Å². The van der Waals surface area contributed by atoms with Crippen LogP contribution in [0.15, 0.2) is 60.8 Å². The first kappa shape index (κ1) is 19.7. The molecule has 31 heavy (non-hydrogen) atoms. The van der Waals surface area contributed by atoms with Gasteiger partial charge in [0.25, 0.3) is 0 Å². The molecule has 1 aliphatic rings. The Labute approximate surface area is 182 Å². The summed E-state index contributed by atoms with van der Waals surface area (Å²) >= 11 is 0.